The van der Waals surface area contributed by atoms with E-state index in [-0.39, 0.29) is 0 Å². The lowest BCUT2D eigenvalue weighted by molar-refractivity contribution is 1.00. The second kappa shape index (κ2) is 6.29. The number of nitrogen functional groups attached to an aromatic ring is 1. The van der Waals surface area contributed by atoms with Crippen molar-refractivity contribution >= 4 is 23.1 Å². The summed E-state index contributed by atoms with van der Waals surface area (Å²) in [6.45, 7) is 3.09. The first-order valence-corrected chi connectivity index (χ1v) is 6.48. The average molecular weight is 235 g/mol. The van der Waals surface area contributed by atoms with E-state index in [1.54, 1.807) is 0 Å². The molecule has 0 aliphatic heterocycles. The Balaban J connectivity index is 2.68. The molecule has 0 amide bonds. The Morgan fingerprint density at radius 3 is 2.94 bits per heavy atom. The summed E-state index contributed by atoms with van der Waals surface area (Å²) in [5.74, 6) is 0. The molecule has 4 heteroatoms. The minimum absolute atomic E-state index is 0.361. The fourth-order valence-electron chi connectivity index (χ4n) is 1.30. The van der Waals surface area contributed by atoms with Crippen LogP contribution in [-0.4, -0.2) is 18.1 Å². The van der Waals surface area contributed by atoms with Crippen LogP contribution < -0.4 is 11.1 Å². The van der Waals surface area contributed by atoms with E-state index < -0.39 is 0 Å². The highest BCUT2D eigenvalue weighted by molar-refractivity contribution is 7.99. The number of nitriles is 1. The van der Waals surface area contributed by atoms with E-state index in [2.05, 4.69) is 24.6 Å². The smallest absolute Gasteiger partial charge is 0.0670 e. The molecule has 1 aromatic rings. The minimum atomic E-state index is 0.361. The van der Waals surface area contributed by atoms with Crippen LogP contribution in [0.5, 0.6) is 0 Å². The first-order valence-electron chi connectivity index (χ1n) is 5.19. The third kappa shape index (κ3) is 3.67. The van der Waals surface area contributed by atoms with Crippen molar-refractivity contribution in [2.75, 3.05) is 23.9 Å². The maximum Gasteiger partial charge on any atom is 0.0670 e. The first kappa shape index (κ1) is 12.7. The van der Waals surface area contributed by atoms with Gasteiger partial charge in [0.2, 0.25) is 0 Å². The number of nitrogens with one attached hydrogen (secondary N) is 1. The fraction of sp³-hybridized carbons (Fsp3) is 0.417. The molecule has 1 unspecified atom stereocenters. The van der Waals surface area contributed by atoms with Crippen LogP contribution in [0.2, 0.25) is 0 Å². The molecule has 1 rings (SSSR count). The Labute approximate surface area is 101 Å². The first-order chi connectivity index (χ1) is 7.67. The molecule has 3 nitrogen and oxygen atoms in total. The van der Waals surface area contributed by atoms with E-state index in [4.69, 9.17) is 11.0 Å². The highest BCUT2D eigenvalue weighted by Crippen LogP contribution is 2.18. The summed E-state index contributed by atoms with van der Waals surface area (Å²) < 4.78 is 0. The number of nitrogens with two attached hydrogens (primary N) is 1. The lowest BCUT2D eigenvalue weighted by Crippen LogP contribution is -2.12. The number of thioether (sulfide) groups is 1. The lowest BCUT2D eigenvalue weighted by Gasteiger charge is -2.12. The van der Waals surface area contributed by atoms with Crippen LogP contribution in [0.1, 0.15) is 12.5 Å². The lowest BCUT2D eigenvalue weighted by atomic mass is 10.1. The Bertz CT molecular complexity index is 384. The van der Waals surface area contributed by atoms with E-state index in [1.165, 1.54) is 0 Å². The molecule has 86 valence electrons. The second-order valence-corrected chi connectivity index (χ2v) is 4.95. The molecule has 0 aliphatic rings. The maximum absolute atomic E-state index is 8.66. The molecule has 0 fully saturated rings. The van der Waals surface area contributed by atoms with Crippen LogP contribution in [-0.2, 0) is 6.42 Å². The van der Waals surface area contributed by atoms with Gasteiger partial charge >= 0.3 is 0 Å². The molecule has 0 bridgehead atoms. The van der Waals surface area contributed by atoms with Crippen molar-refractivity contribution in [3.8, 4) is 6.07 Å². The third-order valence-corrected chi connectivity index (χ3v) is 3.38. The van der Waals surface area contributed by atoms with Crippen LogP contribution >= 0.6 is 11.8 Å². The summed E-state index contributed by atoms with van der Waals surface area (Å²) in [6.07, 6.45) is 2.45. The van der Waals surface area contributed by atoms with Gasteiger partial charge in [-0.2, -0.15) is 17.0 Å². The van der Waals surface area contributed by atoms with E-state index in [0.29, 0.717) is 17.4 Å². The monoisotopic (exact) mass is 235 g/mol. The van der Waals surface area contributed by atoms with Crippen molar-refractivity contribution in [3.63, 3.8) is 0 Å². The minimum Gasteiger partial charge on any atom is -0.398 e. The van der Waals surface area contributed by atoms with Gasteiger partial charge < -0.3 is 11.1 Å². The molecule has 1 aromatic carbocycles. The third-order valence-electron chi connectivity index (χ3n) is 2.41. The Morgan fingerprint density at radius 2 is 2.31 bits per heavy atom. The van der Waals surface area contributed by atoms with Crippen molar-refractivity contribution in [2.24, 2.45) is 0 Å². The molecular formula is C12H17N3S. The molecule has 0 saturated heterocycles. The van der Waals surface area contributed by atoms with Gasteiger partial charge in [-0.15, -0.1) is 0 Å². The molecule has 0 saturated carbocycles. The fourth-order valence-corrected chi connectivity index (χ4v) is 1.55. The summed E-state index contributed by atoms with van der Waals surface area (Å²) in [6, 6.07) is 7.86. The van der Waals surface area contributed by atoms with Gasteiger partial charge in [-0.1, -0.05) is 6.92 Å². The van der Waals surface area contributed by atoms with Crippen molar-refractivity contribution in [1.82, 2.24) is 0 Å². The predicted molar refractivity (Wildman–Crippen MR) is 71.6 cm³/mol. The van der Waals surface area contributed by atoms with Crippen LogP contribution in [0.25, 0.3) is 0 Å². The predicted octanol–water partition coefficient (Wildman–Crippen LogP) is 2.50. The van der Waals surface area contributed by atoms with E-state index in [9.17, 15) is 0 Å². The highest BCUT2D eigenvalue weighted by atomic mass is 32.2. The molecule has 0 aromatic heterocycles. The average Bonchev–Trinajstić information content (AvgIpc) is 2.30. The number of hydrogen-bond donors (Lipinski definition) is 2. The zero-order chi connectivity index (χ0) is 12.0. The quantitative estimate of drug-likeness (QED) is 0.770. The number of rotatable bonds is 5. The Kier molecular flexibility index (Phi) is 5.00. The van der Waals surface area contributed by atoms with Crippen molar-refractivity contribution in [3.05, 3.63) is 23.8 Å². The van der Waals surface area contributed by atoms with Gasteiger partial charge in [-0.25, -0.2) is 0 Å². The SMILES string of the molecule is CSC(C)CNc1ccc(N)c(CC#N)c1. The van der Waals surface area contributed by atoms with Crippen LogP contribution in [0, 0.1) is 11.3 Å². The summed E-state index contributed by atoms with van der Waals surface area (Å²) in [5, 5.41) is 12.6. The topological polar surface area (TPSA) is 61.8 Å². The number of anilines is 2. The molecule has 0 aliphatic carbocycles. The largest absolute Gasteiger partial charge is 0.398 e. The summed E-state index contributed by atoms with van der Waals surface area (Å²) >= 11 is 1.82. The molecule has 3 N–H and O–H groups in total. The van der Waals surface area contributed by atoms with Crippen molar-refractivity contribution in [1.29, 1.82) is 5.26 Å². The summed E-state index contributed by atoms with van der Waals surface area (Å²) in [5.41, 5.74) is 8.38. The van der Waals surface area contributed by atoms with E-state index in [0.717, 1.165) is 17.8 Å². The number of hydrogen-bond acceptors (Lipinski definition) is 4. The molecule has 1 atom stereocenters. The zero-order valence-corrected chi connectivity index (χ0v) is 10.5. The van der Waals surface area contributed by atoms with Gasteiger partial charge in [-0.3, -0.25) is 0 Å². The number of nitrogens with zero attached hydrogens (tertiary/aromatic N) is 1. The van der Waals surface area contributed by atoms with Gasteiger partial charge in [-0.05, 0) is 30.0 Å². The zero-order valence-electron chi connectivity index (χ0n) is 9.66. The van der Waals surface area contributed by atoms with Crippen LogP contribution in [0.15, 0.2) is 18.2 Å². The Hall–Kier alpha value is -1.34. The molecule has 0 radical (unpaired) electrons. The Morgan fingerprint density at radius 1 is 1.56 bits per heavy atom. The van der Waals surface area contributed by atoms with Crippen molar-refractivity contribution in [2.45, 2.75) is 18.6 Å². The van der Waals surface area contributed by atoms with Crippen LogP contribution in [0.3, 0.4) is 0 Å². The molecule has 0 spiro atoms. The normalized spacial score (nSPS) is 11.8. The molecular weight excluding hydrogens is 218 g/mol. The van der Waals surface area contributed by atoms with Crippen LogP contribution in [0.4, 0.5) is 11.4 Å². The number of benzene rings is 1. The van der Waals surface area contributed by atoms with Gasteiger partial charge in [0.25, 0.3) is 0 Å². The van der Waals surface area contributed by atoms with E-state index in [1.807, 2.05) is 30.0 Å². The summed E-state index contributed by atoms with van der Waals surface area (Å²) in [4.78, 5) is 0. The van der Waals surface area contributed by atoms with Crippen molar-refractivity contribution < 1.29 is 0 Å². The second-order valence-electron chi connectivity index (χ2n) is 3.68. The standard InChI is InChI=1S/C12H17N3S/c1-9(16-2)8-15-11-3-4-12(14)10(7-11)5-6-13/h3-4,7,9,15H,5,8,14H2,1-2H3. The maximum atomic E-state index is 8.66. The van der Waals surface area contributed by atoms with Gasteiger partial charge in [0.15, 0.2) is 0 Å². The van der Waals surface area contributed by atoms with Gasteiger partial charge in [0, 0.05) is 23.2 Å². The highest BCUT2D eigenvalue weighted by Gasteiger charge is 2.02. The van der Waals surface area contributed by atoms with Gasteiger partial charge in [0.1, 0.15) is 0 Å². The van der Waals surface area contributed by atoms with Gasteiger partial charge in [0.05, 0.1) is 12.5 Å². The molecule has 0 heterocycles. The summed E-state index contributed by atoms with van der Waals surface area (Å²) in [7, 11) is 0. The van der Waals surface area contributed by atoms with E-state index >= 15 is 0 Å². The molecule has 16 heavy (non-hydrogen) atoms.